The quantitative estimate of drug-likeness (QED) is 0.649. The summed E-state index contributed by atoms with van der Waals surface area (Å²) < 4.78 is 12.1. The number of alkyl halides is 1. The maximum absolute atomic E-state index is 12.4. The van der Waals surface area contributed by atoms with Gasteiger partial charge in [0.25, 0.3) is 0 Å². The summed E-state index contributed by atoms with van der Waals surface area (Å²) in [5, 5.41) is 13.6. The summed E-state index contributed by atoms with van der Waals surface area (Å²) >= 11 is 5.89. The van der Waals surface area contributed by atoms with E-state index in [9.17, 15) is 10.1 Å². The van der Waals surface area contributed by atoms with Crippen molar-refractivity contribution in [3.05, 3.63) is 40.7 Å². The average molecular weight is 337 g/mol. The highest BCUT2D eigenvalue weighted by Crippen LogP contribution is 2.39. The Balaban J connectivity index is 2.60. The molecule has 1 aliphatic rings. The summed E-state index contributed by atoms with van der Waals surface area (Å²) in [6, 6.07) is 2.01. The molecule has 0 bridgehead atoms. The Kier molecular flexibility index (Phi) is 5.29. The van der Waals surface area contributed by atoms with Crippen LogP contribution in [-0.4, -0.2) is 28.2 Å². The third-order valence-corrected chi connectivity index (χ3v) is 3.67. The highest BCUT2D eigenvalue weighted by atomic mass is 35.5. The van der Waals surface area contributed by atoms with Crippen LogP contribution in [0.5, 0.6) is 0 Å². The number of ether oxygens (including phenoxy) is 2. The standard InChI is InChI=1S/C15H17ClN4O3/c1-3-20-8-9(7-19-20)12-10(6-17)14(18)23-11(5-16)13(12)15(21)22-4-2/h7-8,12H,3-5,18H2,1-2H3/t12-/m0/s1. The first-order valence-electron chi connectivity index (χ1n) is 7.13. The van der Waals surface area contributed by atoms with Crippen molar-refractivity contribution in [3.8, 4) is 6.07 Å². The number of nitrogens with zero attached hydrogens (tertiary/aromatic N) is 3. The van der Waals surface area contributed by atoms with Gasteiger partial charge in [-0.3, -0.25) is 4.68 Å². The zero-order valence-electron chi connectivity index (χ0n) is 12.9. The molecular formula is C15H17ClN4O3. The molecule has 122 valence electrons. The van der Waals surface area contributed by atoms with Crippen molar-refractivity contribution in [1.82, 2.24) is 9.78 Å². The Hall–Kier alpha value is -2.46. The third kappa shape index (κ3) is 3.17. The predicted octanol–water partition coefficient (Wildman–Crippen LogP) is 1.77. The van der Waals surface area contributed by atoms with E-state index in [1.807, 2.05) is 13.0 Å². The summed E-state index contributed by atoms with van der Waals surface area (Å²) in [6.45, 7) is 4.48. The molecule has 23 heavy (non-hydrogen) atoms. The SMILES string of the molecule is CCOC(=O)C1=C(CCl)OC(N)=C(C#N)[C@@H]1c1cnn(CC)c1. The molecule has 1 atom stereocenters. The number of carbonyl (C=O) groups excluding carboxylic acids is 1. The van der Waals surface area contributed by atoms with Gasteiger partial charge >= 0.3 is 5.97 Å². The fourth-order valence-electron chi connectivity index (χ4n) is 2.38. The summed E-state index contributed by atoms with van der Waals surface area (Å²) in [6.07, 6.45) is 3.35. The summed E-state index contributed by atoms with van der Waals surface area (Å²) in [5.74, 6) is -1.23. The van der Waals surface area contributed by atoms with Crippen molar-refractivity contribution in [2.45, 2.75) is 26.3 Å². The van der Waals surface area contributed by atoms with Crippen LogP contribution in [-0.2, 0) is 20.8 Å². The first-order valence-corrected chi connectivity index (χ1v) is 7.66. The molecule has 1 aliphatic heterocycles. The molecule has 0 radical (unpaired) electrons. The molecule has 7 nitrogen and oxygen atoms in total. The lowest BCUT2D eigenvalue weighted by Crippen LogP contribution is -2.26. The van der Waals surface area contributed by atoms with Crippen molar-refractivity contribution in [3.63, 3.8) is 0 Å². The molecule has 2 N–H and O–H groups in total. The van der Waals surface area contributed by atoms with E-state index < -0.39 is 11.9 Å². The van der Waals surface area contributed by atoms with Gasteiger partial charge in [-0.15, -0.1) is 11.6 Å². The molecule has 0 spiro atoms. The van der Waals surface area contributed by atoms with Crippen LogP contribution in [0, 0.1) is 11.3 Å². The summed E-state index contributed by atoms with van der Waals surface area (Å²) in [5.41, 5.74) is 6.79. The maximum Gasteiger partial charge on any atom is 0.338 e. The predicted molar refractivity (Wildman–Crippen MR) is 82.9 cm³/mol. The molecule has 1 aromatic heterocycles. The van der Waals surface area contributed by atoms with Crippen LogP contribution in [0.1, 0.15) is 25.3 Å². The van der Waals surface area contributed by atoms with Crippen LogP contribution in [0.3, 0.4) is 0 Å². The van der Waals surface area contributed by atoms with E-state index in [0.29, 0.717) is 12.1 Å². The Labute approximate surface area is 138 Å². The van der Waals surface area contributed by atoms with Crippen LogP contribution in [0.2, 0.25) is 0 Å². The number of aromatic nitrogens is 2. The van der Waals surface area contributed by atoms with Crippen molar-refractivity contribution in [1.29, 1.82) is 5.26 Å². The van der Waals surface area contributed by atoms with E-state index in [4.69, 9.17) is 26.8 Å². The average Bonchev–Trinajstić information content (AvgIpc) is 3.02. The van der Waals surface area contributed by atoms with Gasteiger partial charge in [0.15, 0.2) is 0 Å². The third-order valence-electron chi connectivity index (χ3n) is 3.42. The zero-order valence-corrected chi connectivity index (χ0v) is 13.6. The minimum Gasteiger partial charge on any atom is -0.463 e. The maximum atomic E-state index is 12.4. The van der Waals surface area contributed by atoms with Gasteiger partial charge in [-0.2, -0.15) is 10.4 Å². The molecule has 0 saturated heterocycles. The van der Waals surface area contributed by atoms with Crippen LogP contribution in [0.15, 0.2) is 35.2 Å². The van der Waals surface area contributed by atoms with E-state index >= 15 is 0 Å². The first-order chi connectivity index (χ1) is 11.1. The van der Waals surface area contributed by atoms with E-state index in [2.05, 4.69) is 5.10 Å². The number of carbonyl (C=O) groups is 1. The number of halogens is 1. The second-order valence-corrected chi connectivity index (χ2v) is 5.01. The van der Waals surface area contributed by atoms with Crippen molar-refractivity contribution < 1.29 is 14.3 Å². The highest BCUT2D eigenvalue weighted by molar-refractivity contribution is 6.19. The van der Waals surface area contributed by atoms with Gasteiger partial charge < -0.3 is 15.2 Å². The molecule has 0 unspecified atom stereocenters. The molecular weight excluding hydrogens is 320 g/mol. The molecule has 1 aromatic rings. The Morgan fingerprint density at radius 1 is 1.61 bits per heavy atom. The van der Waals surface area contributed by atoms with Gasteiger partial charge in [0, 0.05) is 18.3 Å². The smallest absolute Gasteiger partial charge is 0.338 e. The number of nitriles is 1. The first kappa shape index (κ1) is 16.9. The van der Waals surface area contributed by atoms with Crippen LogP contribution < -0.4 is 5.73 Å². The number of hydrogen-bond donors (Lipinski definition) is 1. The summed E-state index contributed by atoms with van der Waals surface area (Å²) in [4.78, 5) is 12.4. The zero-order chi connectivity index (χ0) is 17.0. The monoisotopic (exact) mass is 336 g/mol. The number of allylic oxidation sites excluding steroid dienone is 2. The lowest BCUT2D eigenvalue weighted by molar-refractivity contribution is -0.139. The highest BCUT2D eigenvalue weighted by Gasteiger charge is 2.38. The second kappa shape index (κ2) is 7.20. The molecule has 2 rings (SSSR count). The molecule has 2 heterocycles. The van der Waals surface area contributed by atoms with Gasteiger partial charge in [0.1, 0.15) is 17.4 Å². The fourth-order valence-corrected chi connectivity index (χ4v) is 2.58. The van der Waals surface area contributed by atoms with E-state index in [1.165, 1.54) is 0 Å². The topological polar surface area (TPSA) is 103 Å². The second-order valence-electron chi connectivity index (χ2n) is 4.75. The van der Waals surface area contributed by atoms with Gasteiger partial charge in [-0.1, -0.05) is 0 Å². The van der Waals surface area contributed by atoms with Crippen LogP contribution >= 0.6 is 11.6 Å². The summed E-state index contributed by atoms with van der Waals surface area (Å²) in [7, 11) is 0. The van der Waals surface area contributed by atoms with Crippen molar-refractivity contribution in [2.24, 2.45) is 5.73 Å². The Bertz CT molecular complexity index is 715. The molecule has 8 heteroatoms. The van der Waals surface area contributed by atoms with Gasteiger partial charge in [0.2, 0.25) is 5.88 Å². The number of rotatable bonds is 5. The van der Waals surface area contributed by atoms with E-state index in [0.717, 1.165) is 0 Å². The minimum absolute atomic E-state index is 0.0635. The van der Waals surface area contributed by atoms with Gasteiger partial charge in [-0.05, 0) is 13.8 Å². The van der Waals surface area contributed by atoms with Crippen molar-refractivity contribution >= 4 is 17.6 Å². The largest absolute Gasteiger partial charge is 0.463 e. The van der Waals surface area contributed by atoms with E-state index in [1.54, 1.807) is 24.0 Å². The Morgan fingerprint density at radius 3 is 2.87 bits per heavy atom. The lowest BCUT2D eigenvalue weighted by Gasteiger charge is -2.26. The minimum atomic E-state index is -0.707. The fraction of sp³-hybridized carbons (Fsp3) is 0.400. The number of aryl methyl sites for hydroxylation is 1. The van der Waals surface area contributed by atoms with E-state index in [-0.39, 0.29) is 35.3 Å². The molecule has 0 amide bonds. The van der Waals surface area contributed by atoms with Crippen molar-refractivity contribution in [2.75, 3.05) is 12.5 Å². The van der Waals surface area contributed by atoms with Crippen LogP contribution in [0.25, 0.3) is 0 Å². The number of nitrogens with two attached hydrogens (primary N) is 1. The van der Waals surface area contributed by atoms with Crippen LogP contribution in [0.4, 0.5) is 0 Å². The molecule has 0 aromatic carbocycles. The number of esters is 1. The van der Waals surface area contributed by atoms with Gasteiger partial charge in [0.05, 0.1) is 30.2 Å². The Morgan fingerprint density at radius 2 is 2.35 bits per heavy atom. The van der Waals surface area contributed by atoms with Gasteiger partial charge in [-0.25, -0.2) is 4.79 Å². The molecule has 0 fully saturated rings. The molecule has 0 saturated carbocycles. The lowest BCUT2D eigenvalue weighted by atomic mass is 9.84. The normalized spacial score (nSPS) is 17.7. The molecule has 0 aliphatic carbocycles. The number of hydrogen-bond acceptors (Lipinski definition) is 6.